The van der Waals surface area contributed by atoms with E-state index in [1.165, 1.54) is 0 Å². The lowest BCUT2D eigenvalue weighted by Gasteiger charge is -2.10. The summed E-state index contributed by atoms with van der Waals surface area (Å²) in [7, 11) is 0. The molecule has 0 spiro atoms. The lowest BCUT2D eigenvalue weighted by atomic mass is 9.93. The predicted molar refractivity (Wildman–Crippen MR) is 105 cm³/mol. The Balaban J connectivity index is 1.84. The van der Waals surface area contributed by atoms with Gasteiger partial charge in [0.1, 0.15) is 6.07 Å². The van der Waals surface area contributed by atoms with Crippen molar-refractivity contribution in [3.8, 4) is 17.2 Å². The number of benzene rings is 2. The fraction of sp³-hybridized carbons (Fsp3) is 0.304. The average Bonchev–Trinajstić information content (AvgIpc) is 2.67. The van der Waals surface area contributed by atoms with Crippen LogP contribution >= 0.6 is 0 Å². The van der Waals surface area contributed by atoms with Gasteiger partial charge in [-0.2, -0.15) is 5.26 Å². The highest BCUT2D eigenvalue weighted by Gasteiger charge is 2.09. The average molecular weight is 347 g/mol. The molecule has 0 N–H and O–H groups in total. The Morgan fingerprint density at radius 2 is 1.77 bits per heavy atom. The topological polar surface area (TPSA) is 50.1 Å². The summed E-state index contributed by atoms with van der Waals surface area (Å²) in [6.07, 6.45) is 4.81. The number of carbonyl (C=O) groups is 1. The molecule has 0 heterocycles. The first kappa shape index (κ1) is 19.5. The van der Waals surface area contributed by atoms with Crippen LogP contribution in [0.5, 0.6) is 0 Å². The van der Waals surface area contributed by atoms with Crippen molar-refractivity contribution in [1.82, 2.24) is 0 Å². The van der Waals surface area contributed by atoms with Crippen molar-refractivity contribution in [2.24, 2.45) is 0 Å². The highest BCUT2D eigenvalue weighted by Crippen LogP contribution is 2.26. The number of nitrogens with zero attached hydrogens (tertiary/aromatic N) is 1. The van der Waals surface area contributed by atoms with Crippen molar-refractivity contribution in [2.45, 2.75) is 39.0 Å². The van der Waals surface area contributed by atoms with E-state index in [1.54, 1.807) is 6.92 Å². The number of carbonyl (C=O) groups excluding carboxylic acids is 1. The zero-order valence-corrected chi connectivity index (χ0v) is 15.3. The first-order valence-electron chi connectivity index (χ1n) is 9.03. The van der Waals surface area contributed by atoms with Crippen molar-refractivity contribution >= 4 is 5.97 Å². The van der Waals surface area contributed by atoms with Gasteiger partial charge in [0, 0.05) is 5.57 Å². The van der Waals surface area contributed by atoms with Crippen LogP contribution in [-0.2, 0) is 16.0 Å². The van der Waals surface area contributed by atoms with Crippen molar-refractivity contribution in [3.63, 3.8) is 0 Å². The van der Waals surface area contributed by atoms with Gasteiger partial charge in [0.15, 0.2) is 0 Å². The number of hydrogen-bond acceptors (Lipinski definition) is 3. The van der Waals surface area contributed by atoms with Gasteiger partial charge >= 0.3 is 5.97 Å². The quantitative estimate of drug-likeness (QED) is 0.344. The van der Waals surface area contributed by atoms with E-state index in [-0.39, 0.29) is 5.97 Å². The molecule has 0 radical (unpaired) electrons. The highest BCUT2D eigenvalue weighted by atomic mass is 16.5. The number of unbranched alkanes of at least 4 members (excludes halogenated alkanes) is 3. The Morgan fingerprint density at radius 1 is 1.04 bits per heavy atom. The summed E-state index contributed by atoms with van der Waals surface area (Å²) in [5.74, 6) is -0.318. The Kier molecular flexibility index (Phi) is 7.64. The maximum absolute atomic E-state index is 11.3. The van der Waals surface area contributed by atoms with Crippen LogP contribution in [0.4, 0.5) is 0 Å². The molecule has 0 aliphatic carbocycles. The molecule has 3 nitrogen and oxygen atoms in total. The summed E-state index contributed by atoms with van der Waals surface area (Å²) in [6, 6.07) is 18.5. The first-order valence-corrected chi connectivity index (χ1v) is 9.03. The first-order chi connectivity index (χ1) is 12.6. The molecule has 26 heavy (non-hydrogen) atoms. The van der Waals surface area contributed by atoms with Crippen molar-refractivity contribution in [1.29, 1.82) is 5.26 Å². The molecule has 2 rings (SSSR count). The van der Waals surface area contributed by atoms with E-state index in [4.69, 9.17) is 4.74 Å². The van der Waals surface area contributed by atoms with E-state index in [1.807, 2.05) is 48.5 Å². The number of hydrogen-bond donors (Lipinski definition) is 0. The summed E-state index contributed by atoms with van der Waals surface area (Å²) in [4.78, 5) is 11.3. The predicted octanol–water partition coefficient (Wildman–Crippen LogP) is 5.45. The van der Waals surface area contributed by atoms with Gasteiger partial charge in [0.05, 0.1) is 12.2 Å². The standard InChI is InChI=1S/C23H25NO2/c1-18(2)23(25)26-16-9-4-3-6-13-20-14-10-15-21(22(20)17-24)19-11-7-5-8-12-19/h5,7-8,10-12,14-15H,1,3-4,6,9,13,16H2,2H3. The van der Waals surface area contributed by atoms with E-state index < -0.39 is 0 Å². The normalized spacial score (nSPS) is 10.2. The maximum atomic E-state index is 11.3. The molecule has 0 saturated heterocycles. The second kappa shape index (κ2) is 10.2. The minimum absolute atomic E-state index is 0.318. The summed E-state index contributed by atoms with van der Waals surface area (Å²) in [6.45, 7) is 5.66. The summed E-state index contributed by atoms with van der Waals surface area (Å²) < 4.78 is 5.09. The molecule has 0 atom stereocenters. The molecular formula is C23H25NO2. The van der Waals surface area contributed by atoms with E-state index in [0.29, 0.717) is 12.2 Å². The number of nitriles is 1. The Labute approximate surface area is 155 Å². The van der Waals surface area contributed by atoms with E-state index in [2.05, 4.69) is 12.6 Å². The van der Waals surface area contributed by atoms with E-state index >= 15 is 0 Å². The molecule has 3 heteroatoms. The molecule has 0 fully saturated rings. The third-order valence-corrected chi connectivity index (χ3v) is 4.27. The molecule has 0 saturated carbocycles. The number of aryl methyl sites for hydroxylation is 1. The zero-order chi connectivity index (χ0) is 18.8. The van der Waals surface area contributed by atoms with Gasteiger partial charge in [0.25, 0.3) is 0 Å². The summed E-state index contributed by atoms with van der Waals surface area (Å²) >= 11 is 0. The van der Waals surface area contributed by atoms with Crippen LogP contribution < -0.4 is 0 Å². The van der Waals surface area contributed by atoms with Crippen molar-refractivity contribution in [2.75, 3.05) is 6.61 Å². The third-order valence-electron chi connectivity index (χ3n) is 4.27. The number of ether oxygens (including phenoxy) is 1. The van der Waals surface area contributed by atoms with Crippen LogP contribution in [0.15, 0.2) is 60.7 Å². The second-order valence-electron chi connectivity index (χ2n) is 6.40. The molecule has 0 aromatic heterocycles. The van der Waals surface area contributed by atoms with Gasteiger partial charge in [-0.1, -0.05) is 68.0 Å². The van der Waals surface area contributed by atoms with Crippen LogP contribution in [0.3, 0.4) is 0 Å². The molecule has 2 aromatic rings. The molecular weight excluding hydrogens is 322 g/mol. The maximum Gasteiger partial charge on any atom is 0.333 e. The van der Waals surface area contributed by atoms with Gasteiger partial charge in [-0.05, 0) is 42.9 Å². The Bertz CT molecular complexity index is 788. The van der Waals surface area contributed by atoms with Crippen LogP contribution in [0.2, 0.25) is 0 Å². The summed E-state index contributed by atoms with van der Waals surface area (Å²) in [5.41, 5.74) is 4.38. The second-order valence-corrected chi connectivity index (χ2v) is 6.40. The minimum Gasteiger partial charge on any atom is -0.462 e. The van der Waals surface area contributed by atoms with Gasteiger partial charge in [-0.25, -0.2) is 4.79 Å². The van der Waals surface area contributed by atoms with Crippen molar-refractivity contribution in [3.05, 3.63) is 71.8 Å². The lowest BCUT2D eigenvalue weighted by Crippen LogP contribution is -2.06. The fourth-order valence-corrected chi connectivity index (χ4v) is 2.86. The number of esters is 1. The van der Waals surface area contributed by atoms with Gasteiger partial charge in [-0.15, -0.1) is 0 Å². The highest BCUT2D eigenvalue weighted by molar-refractivity contribution is 5.86. The van der Waals surface area contributed by atoms with Gasteiger partial charge < -0.3 is 4.74 Å². The number of rotatable bonds is 9. The van der Waals surface area contributed by atoms with Crippen LogP contribution in [0.1, 0.15) is 43.7 Å². The SMILES string of the molecule is C=C(C)C(=O)OCCCCCCc1cccc(-c2ccccc2)c1C#N. The minimum atomic E-state index is -0.318. The molecule has 0 aliphatic rings. The lowest BCUT2D eigenvalue weighted by molar-refractivity contribution is -0.139. The van der Waals surface area contributed by atoms with E-state index in [0.717, 1.165) is 54.4 Å². The summed E-state index contributed by atoms with van der Waals surface area (Å²) in [5, 5.41) is 9.62. The third kappa shape index (κ3) is 5.60. The molecule has 2 aromatic carbocycles. The Morgan fingerprint density at radius 3 is 2.46 bits per heavy atom. The zero-order valence-electron chi connectivity index (χ0n) is 15.3. The molecule has 0 aliphatic heterocycles. The van der Waals surface area contributed by atoms with Crippen LogP contribution in [0, 0.1) is 11.3 Å². The van der Waals surface area contributed by atoms with Gasteiger partial charge in [0.2, 0.25) is 0 Å². The fourth-order valence-electron chi connectivity index (χ4n) is 2.86. The largest absolute Gasteiger partial charge is 0.462 e. The van der Waals surface area contributed by atoms with E-state index in [9.17, 15) is 10.1 Å². The smallest absolute Gasteiger partial charge is 0.333 e. The molecule has 0 amide bonds. The molecule has 134 valence electrons. The monoisotopic (exact) mass is 347 g/mol. The Hall–Kier alpha value is -2.86. The molecule has 0 bridgehead atoms. The van der Waals surface area contributed by atoms with Crippen molar-refractivity contribution < 1.29 is 9.53 Å². The van der Waals surface area contributed by atoms with Crippen LogP contribution in [0.25, 0.3) is 11.1 Å². The van der Waals surface area contributed by atoms with Crippen LogP contribution in [-0.4, -0.2) is 12.6 Å². The van der Waals surface area contributed by atoms with Gasteiger partial charge in [-0.3, -0.25) is 0 Å². The molecule has 0 unspecified atom stereocenters.